The first-order chi connectivity index (χ1) is 15.5. The van der Waals surface area contributed by atoms with Crippen LogP contribution in [0.1, 0.15) is 5.69 Å². The van der Waals surface area contributed by atoms with Gasteiger partial charge >= 0.3 is 0 Å². The summed E-state index contributed by atoms with van der Waals surface area (Å²) in [7, 11) is 3.60. The summed E-state index contributed by atoms with van der Waals surface area (Å²) in [5.74, 6) is 0.990. The molecule has 0 unspecified atom stereocenters. The van der Waals surface area contributed by atoms with Crippen molar-refractivity contribution in [1.82, 2.24) is 19.1 Å². The van der Waals surface area contributed by atoms with Crippen LogP contribution in [0, 0.1) is 12.7 Å². The summed E-state index contributed by atoms with van der Waals surface area (Å²) in [4.78, 5) is 8.81. The third kappa shape index (κ3) is 3.56. The first-order valence-corrected chi connectivity index (χ1v) is 10.5. The maximum atomic E-state index is 14.0. The molecule has 0 aliphatic rings. The lowest BCUT2D eigenvalue weighted by Gasteiger charge is -2.11. The summed E-state index contributed by atoms with van der Waals surface area (Å²) in [6.07, 6.45) is 3.62. The van der Waals surface area contributed by atoms with Crippen LogP contribution in [0.2, 0.25) is 0 Å². The van der Waals surface area contributed by atoms with Gasteiger partial charge in [-0.3, -0.25) is 0 Å². The van der Waals surface area contributed by atoms with Gasteiger partial charge in [-0.05, 0) is 37.3 Å². The van der Waals surface area contributed by atoms with E-state index in [9.17, 15) is 4.39 Å². The van der Waals surface area contributed by atoms with Gasteiger partial charge in [-0.25, -0.2) is 14.4 Å². The Labute approximate surface area is 185 Å². The average molecular weight is 429 g/mol. The van der Waals surface area contributed by atoms with Crippen LogP contribution in [-0.2, 0) is 13.6 Å². The Morgan fingerprint density at radius 3 is 2.75 bits per heavy atom. The van der Waals surface area contributed by atoms with Crippen molar-refractivity contribution in [3.63, 3.8) is 0 Å². The maximum absolute atomic E-state index is 14.0. The maximum Gasteiger partial charge on any atom is 0.131 e. The Bertz CT molecular complexity index is 1440. The Morgan fingerprint density at radius 2 is 1.91 bits per heavy atom. The zero-order valence-corrected chi connectivity index (χ0v) is 18.3. The lowest BCUT2D eigenvalue weighted by Crippen LogP contribution is -2.12. The second-order valence-electron chi connectivity index (χ2n) is 7.89. The number of hydrogen-bond acceptors (Lipinski definition) is 4. The Balaban J connectivity index is 1.35. The molecule has 2 aromatic carbocycles. The number of nitrogens with one attached hydrogen (secondary N) is 1. The predicted molar refractivity (Wildman–Crippen MR) is 126 cm³/mol. The van der Waals surface area contributed by atoms with Crippen LogP contribution in [0.5, 0.6) is 5.75 Å². The molecule has 162 valence electrons. The van der Waals surface area contributed by atoms with Gasteiger partial charge in [0.1, 0.15) is 23.7 Å². The molecule has 0 spiro atoms. The third-order valence-corrected chi connectivity index (χ3v) is 5.86. The molecule has 0 fully saturated rings. The second kappa shape index (κ2) is 8.00. The van der Waals surface area contributed by atoms with Crippen molar-refractivity contribution >= 4 is 27.6 Å². The van der Waals surface area contributed by atoms with Gasteiger partial charge in [0.25, 0.3) is 0 Å². The third-order valence-electron chi connectivity index (χ3n) is 5.86. The molecule has 0 aliphatic heterocycles. The van der Waals surface area contributed by atoms with Crippen molar-refractivity contribution < 1.29 is 9.13 Å². The SMILES string of the molecule is COc1cc(F)cc2c1cc(C)n2CCNc1cc(-c2ccc3c(ccn3C)c2)ncn1. The molecule has 6 nitrogen and oxygen atoms in total. The van der Waals surface area contributed by atoms with E-state index >= 15 is 0 Å². The molecule has 3 aromatic heterocycles. The summed E-state index contributed by atoms with van der Waals surface area (Å²) >= 11 is 0. The number of aromatic nitrogens is 4. The van der Waals surface area contributed by atoms with Gasteiger partial charge in [0, 0.05) is 66.0 Å². The van der Waals surface area contributed by atoms with Gasteiger partial charge in [-0.2, -0.15) is 0 Å². The number of nitrogens with zero attached hydrogens (tertiary/aromatic N) is 4. The minimum atomic E-state index is -0.308. The summed E-state index contributed by atoms with van der Waals surface area (Å²) in [6.45, 7) is 3.31. The molecule has 0 bridgehead atoms. The first-order valence-electron chi connectivity index (χ1n) is 10.5. The van der Waals surface area contributed by atoms with E-state index in [1.54, 1.807) is 19.5 Å². The molecule has 0 amide bonds. The summed E-state index contributed by atoms with van der Waals surface area (Å²) in [5.41, 5.74) is 4.96. The van der Waals surface area contributed by atoms with E-state index in [1.807, 2.05) is 26.1 Å². The quantitative estimate of drug-likeness (QED) is 0.405. The van der Waals surface area contributed by atoms with E-state index in [-0.39, 0.29) is 5.82 Å². The fourth-order valence-electron chi connectivity index (χ4n) is 4.24. The van der Waals surface area contributed by atoms with Crippen molar-refractivity contribution in [2.45, 2.75) is 13.5 Å². The standard InChI is InChI=1S/C25H24FN5O/c1-16-10-20-23(12-19(26)13-24(20)32-3)31(16)9-7-27-25-14-21(28-15-29-25)17-4-5-22-18(11-17)6-8-30(22)2/h4-6,8,10-15H,7,9H2,1-3H3,(H,27,28,29). The number of fused-ring (bicyclic) bond motifs is 2. The number of ether oxygens (including phenoxy) is 1. The second-order valence-corrected chi connectivity index (χ2v) is 7.89. The molecule has 0 radical (unpaired) electrons. The number of hydrogen-bond donors (Lipinski definition) is 1. The Hall–Kier alpha value is -3.87. The fourth-order valence-corrected chi connectivity index (χ4v) is 4.24. The Kier molecular flexibility index (Phi) is 5.01. The number of aryl methyl sites for hydroxylation is 2. The van der Waals surface area contributed by atoms with Crippen LogP contribution in [-0.4, -0.2) is 32.8 Å². The molecular weight excluding hydrogens is 405 g/mol. The lowest BCUT2D eigenvalue weighted by molar-refractivity contribution is 0.416. The highest BCUT2D eigenvalue weighted by Gasteiger charge is 2.12. The van der Waals surface area contributed by atoms with E-state index < -0.39 is 0 Å². The van der Waals surface area contributed by atoms with Gasteiger partial charge in [-0.1, -0.05) is 6.07 Å². The van der Waals surface area contributed by atoms with Gasteiger partial charge < -0.3 is 19.2 Å². The molecule has 7 heteroatoms. The number of rotatable bonds is 6. The normalized spacial score (nSPS) is 11.4. The van der Waals surface area contributed by atoms with E-state index in [2.05, 4.69) is 54.9 Å². The van der Waals surface area contributed by atoms with Crippen LogP contribution >= 0.6 is 0 Å². The molecule has 5 aromatic rings. The van der Waals surface area contributed by atoms with Gasteiger partial charge in [-0.15, -0.1) is 0 Å². The summed E-state index contributed by atoms with van der Waals surface area (Å²) in [5, 5.41) is 5.45. The molecule has 0 saturated heterocycles. The van der Waals surface area contributed by atoms with Crippen LogP contribution in [0.4, 0.5) is 10.2 Å². The van der Waals surface area contributed by atoms with Crippen molar-refractivity contribution in [3.8, 4) is 17.0 Å². The number of benzene rings is 2. The molecular formula is C25H24FN5O. The lowest BCUT2D eigenvalue weighted by atomic mass is 10.1. The largest absolute Gasteiger partial charge is 0.496 e. The van der Waals surface area contributed by atoms with Crippen LogP contribution in [0.25, 0.3) is 33.1 Å². The number of halogens is 1. The topological polar surface area (TPSA) is 56.9 Å². The van der Waals surface area contributed by atoms with Crippen LogP contribution in [0.3, 0.4) is 0 Å². The van der Waals surface area contributed by atoms with Crippen molar-refractivity contribution in [3.05, 3.63) is 72.6 Å². The van der Waals surface area contributed by atoms with Crippen molar-refractivity contribution in [2.75, 3.05) is 19.0 Å². The monoisotopic (exact) mass is 429 g/mol. The smallest absolute Gasteiger partial charge is 0.131 e. The summed E-state index contributed by atoms with van der Waals surface area (Å²) in [6, 6.07) is 15.4. The van der Waals surface area contributed by atoms with E-state index in [4.69, 9.17) is 4.74 Å². The molecule has 1 N–H and O–H groups in total. The molecule has 3 heterocycles. The molecule has 5 rings (SSSR count). The van der Waals surface area contributed by atoms with Crippen molar-refractivity contribution in [1.29, 1.82) is 0 Å². The van der Waals surface area contributed by atoms with Gasteiger partial charge in [0.2, 0.25) is 0 Å². The van der Waals surface area contributed by atoms with Crippen LogP contribution in [0.15, 0.2) is 61.1 Å². The fraction of sp³-hybridized carbons (Fsp3) is 0.200. The first kappa shape index (κ1) is 20.1. The van der Waals surface area contributed by atoms with Gasteiger partial charge in [0.05, 0.1) is 18.3 Å². The predicted octanol–water partition coefficient (Wildman–Crippen LogP) is 5.16. The highest BCUT2D eigenvalue weighted by atomic mass is 19.1. The van der Waals surface area contributed by atoms with E-state index in [0.29, 0.717) is 18.8 Å². The zero-order chi connectivity index (χ0) is 22.2. The average Bonchev–Trinajstić information content (AvgIpc) is 3.32. The minimum absolute atomic E-state index is 0.308. The van der Waals surface area contributed by atoms with Crippen LogP contribution < -0.4 is 10.1 Å². The minimum Gasteiger partial charge on any atom is -0.496 e. The molecule has 0 atom stereocenters. The molecule has 32 heavy (non-hydrogen) atoms. The van der Waals surface area contributed by atoms with Crippen molar-refractivity contribution in [2.24, 2.45) is 7.05 Å². The number of anilines is 1. The molecule has 0 aliphatic carbocycles. The zero-order valence-electron chi connectivity index (χ0n) is 18.3. The summed E-state index contributed by atoms with van der Waals surface area (Å²) < 4.78 is 23.6. The number of methoxy groups -OCH3 is 1. The highest BCUT2D eigenvalue weighted by Crippen LogP contribution is 2.30. The molecule has 0 saturated carbocycles. The Morgan fingerprint density at radius 1 is 1.03 bits per heavy atom. The van der Waals surface area contributed by atoms with E-state index in [1.165, 1.54) is 17.0 Å². The highest BCUT2D eigenvalue weighted by molar-refractivity contribution is 5.88. The van der Waals surface area contributed by atoms with E-state index in [0.717, 1.165) is 33.7 Å². The van der Waals surface area contributed by atoms with Gasteiger partial charge in [0.15, 0.2) is 0 Å².